The zero-order chi connectivity index (χ0) is 19.0. The van der Waals surface area contributed by atoms with Gasteiger partial charge in [-0.25, -0.2) is 8.42 Å². The van der Waals surface area contributed by atoms with Crippen molar-refractivity contribution in [3.05, 3.63) is 47.8 Å². The molecule has 1 aromatic carbocycles. The lowest BCUT2D eigenvalue weighted by Gasteiger charge is -2.35. The van der Waals surface area contributed by atoms with Gasteiger partial charge in [0.2, 0.25) is 10.0 Å². The number of rotatable bonds is 5. The van der Waals surface area contributed by atoms with E-state index in [-0.39, 0.29) is 12.2 Å². The highest BCUT2D eigenvalue weighted by Gasteiger charge is 2.35. The standard InChI is InChI=1S/C19H25N3O4S/c1-14-3-5-18(6-4-14)27(23,24)22-8-15(2)26-19(11-22)17-7-20-21(10-17)9-16-12-25-13-16/h3-7,10,15-16,19H,8-9,11-13H2,1-2H3/t15-,19?/m1/s1. The SMILES string of the molecule is Cc1ccc(S(=O)(=O)N2CC(c3cnn(CC4COC4)c3)O[C@H](C)C2)cc1. The van der Waals surface area contributed by atoms with Crippen LogP contribution in [0.15, 0.2) is 41.6 Å². The van der Waals surface area contributed by atoms with Crippen LogP contribution in [0.5, 0.6) is 0 Å². The maximum Gasteiger partial charge on any atom is 0.243 e. The highest BCUT2D eigenvalue weighted by atomic mass is 32.2. The summed E-state index contributed by atoms with van der Waals surface area (Å²) in [5.41, 5.74) is 1.94. The summed E-state index contributed by atoms with van der Waals surface area (Å²) in [6.45, 7) is 6.84. The molecule has 1 aromatic heterocycles. The minimum Gasteiger partial charge on any atom is -0.381 e. The second kappa shape index (κ2) is 7.35. The van der Waals surface area contributed by atoms with Gasteiger partial charge >= 0.3 is 0 Å². The zero-order valence-electron chi connectivity index (χ0n) is 15.6. The summed E-state index contributed by atoms with van der Waals surface area (Å²) in [6, 6.07) is 6.97. The molecule has 146 valence electrons. The Morgan fingerprint density at radius 3 is 2.59 bits per heavy atom. The van der Waals surface area contributed by atoms with Gasteiger partial charge in [0.15, 0.2) is 0 Å². The number of hydrogen-bond donors (Lipinski definition) is 0. The Balaban J connectivity index is 1.51. The minimum absolute atomic E-state index is 0.188. The van der Waals surface area contributed by atoms with Crippen LogP contribution in [-0.2, 0) is 26.0 Å². The Labute approximate surface area is 159 Å². The second-order valence-corrected chi connectivity index (χ2v) is 9.41. The molecule has 0 bridgehead atoms. The van der Waals surface area contributed by atoms with Gasteiger partial charge in [-0.2, -0.15) is 9.40 Å². The molecule has 0 saturated carbocycles. The van der Waals surface area contributed by atoms with Gasteiger partial charge in [-0.3, -0.25) is 4.68 Å². The lowest BCUT2D eigenvalue weighted by Crippen LogP contribution is -2.45. The molecule has 0 radical (unpaired) electrons. The molecule has 2 aliphatic rings. The van der Waals surface area contributed by atoms with Gasteiger partial charge in [-0.1, -0.05) is 17.7 Å². The minimum atomic E-state index is -3.55. The van der Waals surface area contributed by atoms with Crippen LogP contribution < -0.4 is 0 Å². The van der Waals surface area contributed by atoms with Gasteiger partial charge in [0.25, 0.3) is 0 Å². The van der Waals surface area contributed by atoms with Crippen LogP contribution in [0.25, 0.3) is 0 Å². The number of sulfonamides is 1. The van der Waals surface area contributed by atoms with Crippen LogP contribution in [-0.4, -0.2) is 54.9 Å². The maximum atomic E-state index is 13.1. The zero-order valence-corrected chi connectivity index (χ0v) is 16.4. The fourth-order valence-electron chi connectivity index (χ4n) is 3.45. The van der Waals surface area contributed by atoms with Crippen molar-refractivity contribution in [3.8, 4) is 0 Å². The number of aromatic nitrogens is 2. The van der Waals surface area contributed by atoms with E-state index >= 15 is 0 Å². The summed E-state index contributed by atoms with van der Waals surface area (Å²) in [5.74, 6) is 0.502. The highest BCUT2D eigenvalue weighted by Crippen LogP contribution is 2.29. The predicted octanol–water partition coefficient (Wildman–Crippen LogP) is 1.99. The van der Waals surface area contributed by atoms with Gasteiger partial charge in [0, 0.05) is 37.3 Å². The van der Waals surface area contributed by atoms with Crippen molar-refractivity contribution >= 4 is 10.0 Å². The van der Waals surface area contributed by atoms with Crippen molar-refractivity contribution in [1.29, 1.82) is 0 Å². The van der Waals surface area contributed by atoms with Crippen molar-refractivity contribution < 1.29 is 17.9 Å². The van der Waals surface area contributed by atoms with Crippen molar-refractivity contribution in [3.63, 3.8) is 0 Å². The normalized spacial score (nSPS) is 24.7. The van der Waals surface area contributed by atoms with Crippen LogP contribution in [0.3, 0.4) is 0 Å². The van der Waals surface area contributed by atoms with Crippen LogP contribution >= 0.6 is 0 Å². The molecule has 0 amide bonds. The first-order valence-corrected chi connectivity index (χ1v) is 10.7. The molecule has 7 nitrogen and oxygen atoms in total. The third-order valence-electron chi connectivity index (χ3n) is 5.06. The molecule has 8 heteroatoms. The van der Waals surface area contributed by atoms with Crippen LogP contribution in [0, 0.1) is 12.8 Å². The molecule has 2 atom stereocenters. The van der Waals surface area contributed by atoms with Gasteiger partial charge in [-0.15, -0.1) is 0 Å². The van der Waals surface area contributed by atoms with Gasteiger partial charge in [0.05, 0.1) is 36.5 Å². The number of nitrogens with zero attached hydrogens (tertiary/aromatic N) is 3. The third kappa shape index (κ3) is 3.94. The number of aryl methyl sites for hydroxylation is 1. The molecule has 3 heterocycles. The van der Waals surface area contributed by atoms with Gasteiger partial charge < -0.3 is 9.47 Å². The van der Waals surface area contributed by atoms with E-state index < -0.39 is 10.0 Å². The molecule has 27 heavy (non-hydrogen) atoms. The van der Waals surface area contributed by atoms with Crippen molar-refractivity contribution in [1.82, 2.24) is 14.1 Å². The molecule has 1 unspecified atom stereocenters. The van der Waals surface area contributed by atoms with E-state index in [1.54, 1.807) is 18.3 Å². The molecular weight excluding hydrogens is 366 g/mol. The lowest BCUT2D eigenvalue weighted by molar-refractivity contribution is -0.0559. The number of ether oxygens (including phenoxy) is 2. The summed E-state index contributed by atoms with van der Waals surface area (Å²) in [4.78, 5) is 0.321. The fourth-order valence-corrected chi connectivity index (χ4v) is 4.97. The fraction of sp³-hybridized carbons (Fsp3) is 0.526. The summed E-state index contributed by atoms with van der Waals surface area (Å²) >= 11 is 0. The molecular formula is C19H25N3O4S. The summed E-state index contributed by atoms with van der Waals surface area (Å²) in [6.07, 6.45) is 3.23. The highest BCUT2D eigenvalue weighted by molar-refractivity contribution is 7.89. The molecule has 0 N–H and O–H groups in total. The average Bonchev–Trinajstić information content (AvgIpc) is 3.07. The topological polar surface area (TPSA) is 73.7 Å². The van der Waals surface area contributed by atoms with E-state index in [9.17, 15) is 8.42 Å². The predicted molar refractivity (Wildman–Crippen MR) is 99.8 cm³/mol. The molecule has 0 aliphatic carbocycles. The van der Waals surface area contributed by atoms with Crippen LogP contribution in [0.2, 0.25) is 0 Å². The van der Waals surface area contributed by atoms with E-state index in [1.165, 1.54) is 4.31 Å². The summed E-state index contributed by atoms with van der Waals surface area (Å²) in [5, 5.41) is 4.41. The lowest BCUT2D eigenvalue weighted by atomic mass is 10.1. The quantitative estimate of drug-likeness (QED) is 0.779. The maximum absolute atomic E-state index is 13.1. The van der Waals surface area contributed by atoms with Gasteiger partial charge in [0.1, 0.15) is 0 Å². The number of benzene rings is 1. The summed E-state index contributed by atoms with van der Waals surface area (Å²) in [7, 11) is -3.55. The van der Waals surface area contributed by atoms with Gasteiger partial charge in [-0.05, 0) is 26.0 Å². The largest absolute Gasteiger partial charge is 0.381 e. The number of hydrogen-bond acceptors (Lipinski definition) is 5. The van der Waals surface area contributed by atoms with E-state index in [0.717, 1.165) is 30.9 Å². The molecule has 2 aromatic rings. The molecule has 0 spiro atoms. The van der Waals surface area contributed by atoms with Crippen molar-refractivity contribution in [2.24, 2.45) is 5.92 Å². The third-order valence-corrected chi connectivity index (χ3v) is 6.91. The first-order chi connectivity index (χ1) is 12.9. The van der Waals surface area contributed by atoms with Crippen molar-refractivity contribution in [2.45, 2.75) is 37.5 Å². The van der Waals surface area contributed by atoms with Crippen LogP contribution in [0.4, 0.5) is 0 Å². The Morgan fingerprint density at radius 1 is 1.19 bits per heavy atom. The first-order valence-electron chi connectivity index (χ1n) is 9.24. The van der Waals surface area contributed by atoms with E-state index in [1.807, 2.05) is 36.9 Å². The Bertz CT molecular complexity index is 890. The average molecular weight is 391 g/mol. The Morgan fingerprint density at radius 2 is 1.93 bits per heavy atom. The number of morpholine rings is 1. The summed E-state index contributed by atoms with van der Waals surface area (Å²) < 4.78 is 40.8. The van der Waals surface area contributed by atoms with E-state index in [4.69, 9.17) is 9.47 Å². The van der Waals surface area contributed by atoms with E-state index in [0.29, 0.717) is 23.9 Å². The smallest absolute Gasteiger partial charge is 0.243 e. The van der Waals surface area contributed by atoms with E-state index in [2.05, 4.69) is 5.10 Å². The molecule has 2 aliphatic heterocycles. The molecule has 2 fully saturated rings. The van der Waals surface area contributed by atoms with Crippen molar-refractivity contribution in [2.75, 3.05) is 26.3 Å². The molecule has 2 saturated heterocycles. The first kappa shape index (κ1) is 18.6. The monoisotopic (exact) mass is 391 g/mol. The Hall–Kier alpha value is -1.74. The molecule has 4 rings (SSSR count). The second-order valence-electron chi connectivity index (χ2n) is 7.47. The van der Waals surface area contributed by atoms with Crippen LogP contribution in [0.1, 0.15) is 24.2 Å². The Kier molecular flexibility index (Phi) is 5.07.